The molecule has 0 aliphatic rings. The SMILES string of the molecule is COc1nn(C)cc1CNc1c(F)cncc1Cl. The van der Waals surface area contributed by atoms with Gasteiger partial charge in [0.15, 0.2) is 5.82 Å². The number of anilines is 1. The second-order valence-corrected chi connectivity index (χ2v) is 4.08. The zero-order valence-corrected chi connectivity index (χ0v) is 10.7. The van der Waals surface area contributed by atoms with Crippen LogP contribution in [0.1, 0.15) is 5.56 Å². The zero-order chi connectivity index (χ0) is 13.1. The van der Waals surface area contributed by atoms with Gasteiger partial charge in [-0.25, -0.2) is 4.39 Å². The minimum Gasteiger partial charge on any atom is -0.480 e. The van der Waals surface area contributed by atoms with E-state index >= 15 is 0 Å². The van der Waals surface area contributed by atoms with Crippen molar-refractivity contribution in [1.82, 2.24) is 14.8 Å². The lowest BCUT2D eigenvalue weighted by Gasteiger charge is -2.08. The summed E-state index contributed by atoms with van der Waals surface area (Å²) in [5.41, 5.74) is 1.03. The highest BCUT2D eigenvalue weighted by Crippen LogP contribution is 2.25. The smallest absolute Gasteiger partial charge is 0.237 e. The Morgan fingerprint density at radius 2 is 2.28 bits per heavy atom. The van der Waals surface area contributed by atoms with Gasteiger partial charge in [0.1, 0.15) is 0 Å². The molecule has 2 aromatic rings. The fraction of sp³-hybridized carbons (Fsp3) is 0.273. The highest BCUT2D eigenvalue weighted by molar-refractivity contribution is 6.33. The summed E-state index contributed by atoms with van der Waals surface area (Å²) in [6, 6.07) is 0. The van der Waals surface area contributed by atoms with Crippen LogP contribution in [-0.4, -0.2) is 21.9 Å². The molecule has 1 N–H and O–H groups in total. The lowest BCUT2D eigenvalue weighted by atomic mass is 10.3. The molecule has 0 saturated heterocycles. The van der Waals surface area contributed by atoms with Crippen LogP contribution < -0.4 is 10.1 Å². The topological polar surface area (TPSA) is 52.0 Å². The predicted molar refractivity (Wildman–Crippen MR) is 66.3 cm³/mol. The molecule has 5 nitrogen and oxygen atoms in total. The van der Waals surface area contributed by atoms with Crippen LogP contribution in [0.3, 0.4) is 0 Å². The molecular formula is C11H12ClFN4O. The number of rotatable bonds is 4. The van der Waals surface area contributed by atoms with Crippen LogP contribution in [0.25, 0.3) is 0 Å². The van der Waals surface area contributed by atoms with Crippen LogP contribution in [0.15, 0.2) is 18.6 Å². The highest BCUT2D eigenvalue weighted by atomic mass is 35.5. The molecule has 2 heterocycles. The average molecular weight is 271 g/mol. The Labute approximate surface area is 109 Å². The molecule has 0 amide bonds. The zero-order valence-electron chi connectivity index (χ0n) is 9.94. The third-order valence-electron chi connectivity index (χ3n) is 2.37. The van der Waals surface area contributed by atoms with Gasteiger partial charge in [-0.15, -0.1) is 5.10 Å². The van der Waals surface area contributed by atoms with Gasteiger partial charge in [-0.3, -0.25) is 9.67 Å². The minimum atomic E-state index is -0.495. The Morgan fingerprint density at radius 1 is 1.50 bits per heavy atom. The van der Waals surface area contributed by atoms with Crippen molar-refractivity contribution in [2.75, 3.05) is 12.4 Å². The van der Waals surface area contributed by atoms with Gasteiger partial charge in [0, 0.05) is 26.0 Å². The molecule has 2 rings (SSSR count). The maximum Gasteiger partial charge on any atom is 0.237 e. The number of pyridine rings is 1. The number of hydrogen-bond acceptors (Lipinski definition) is 4. The first kappa shape index (κ1) is 12.6. The van der Waals surface area contributed by atoms with E-state index in [1.165, 1.54) is 13.3 Å². The molecule has 0 atom stereocenters. The number of methoxy groups -OCH3 is 1. The summed E-state index contributed by atoms with van der Waals surface area (Å²) < 4.78 is 20.2. The fourth-order valence-corrected chi connectivity index (χ4v) is 1.79. The Hall–Kier alpha value is -1.82. The van der Waals surface area contributed by atoms with Crippen LogP contribution in [-0.2, 0) is 13.6 Å². The fourth-order valence-electron chi connectivity index (χ4n) is 1.57. The number of aromatic nitrogens is 3. The molecule has 0 spiro atoms. The van der Waals surface area contributed by atoms with Gasteiger partial charge < -0.3 is 10.1 Å². The van der Waals surface area contributed by atoms with E-state index in [0.717, 1.165) is 11.8 Å². The van der Waals surface area contributed by atoms with E-state index in [0.29, 0.717) is 12.4 Å². The first-order valence-corrected chi connectivity index (χ1v) is 5.59. The molecule has 0 bridgehead atoms. The molecule has 0 aliphatic heterocycles. The molecule has 0 aromatic carbocycles. The third kappa shape index (κ3) is 2.53. The van der Waals surface area contributed by atoms with Crippen LogP contribution in [0.4, 0.5) is 10.1 Å². The normalized spacial score (nSPS) is 10.4. The van der Waals surface area contributed by atoms with E-state index in [9.17, 15) is 4.39 Å². The number of ether oxygens (including phenoxy) is 1. The Kier molecular flexibility index (Phi) is 3.66. The van der Waals surface area contributed by atoms with Gasteiger partial charge in [-0.1, -0.05) is 11.6 Å². The van der Waals surface area contributed by atoms with Gasteiger partial charge in [0.25, 0.3) is 0 Å². The maximum atomic E-state index is 13.5. The van der Waals surface area contributed by atoms with Crippen molar-refractivity contribution in [3.63, 3.8) is 0 Å². The first-order chi connectivity index (χ1) is 8.61. The van der Waals surface area contributed by atoms with Gasteiger partial charge in [0.2, 0.25) is 5.88 Å². The Bertz CT molecular complexity index is 538. The monoisotopic (exact) mass is 270 g/mol. The predicted octanol–water partition coefficient (Wildman–Crippen LogP) is 2.23. The Morgan fingerprint density at radius 3 is 2.94 bits per heavy atom. The summed E-state index contributed by atoms with van der Waals surface area (Å²) >= 11 is 5.86. The second-order valence-electron chi connectivity index (χ2n) is 3.67. The molecule has 0 fully saturated rings. The summed E-state index contributed by atoms with van der Waals surface area (Å²) in [6.45, 7) is 0.359. The standard InChI is InChI=1S/C11H12ClFN4O/c1-17-6-7(11(16-17)18-2)3-15-10-8(12)4-14-5-9(10)13/h4-6H,3H2,1-2H3,(H,14,15). The number of hydrogen-bond donors (Lipinski definition) is 1. The van der Waals surface area contributed by atoms with Crippen molar-refractivity contribution in [2.45, 2.75) is 6.54 Å². The van der Waals surface area contributed by atoms with E-state index in [-0.39, 0.29) is 10.7 Å². The summed E-state index contributed by atoms with van der Waals surface area (Å²) in [5, 5.41) is 7.24. The lowest BCUT2D eigenvalue weighted by Crippen LogP contribution is -2.03. The van der Waals surface area contributed by atoms with Gasteiger partial charge in [-0.2, -0.15) is 0 Å². The molecule has 0 radical (unpaired) electrons. The van der Waals surface area contributed by atoms with Crippen molar-refractivity contribution < 1.29 is 9.13 Å². The summed E-state index contributed by atoms with van der Waals surface area (Å²) in [4.78, 5) is 3.65. The average Bonchev–Trinajstić information content (AvgIpc) is 2.69. The lowest BCUT2D eigenvalue weighted by molar-refractivity contribution is 0.388. The molecule has 7 heteroatoms. The van der Waals surface area contributed by atoms with Gasteiger partial charge in [-0.05, 0) is 0 Å². The van der Waals surface area contributed by atoms with Gasteiger partial charge >= 0.3 is 0 Å². The van der Waals surface area contributed by atoms with Crippen molar-refractivity contribution >= 4 is 17.3 Å². The van der Waals surface area contributed by atoms with E-state index < -0.39 is 5.82 Å². The van der Waals surface area contributed by atoms with Crippen molar-refractivity contribution in [1.29, 1.82) is 0 Å². The first-order valence-electron chi connectivity index (χ1n) is 5.21. The van der Waals surface area contributed by atoms with Crippen molar-refractivity contribution in [2.24, 2.45) is 7.05 Å². The number of halogens is 2. The summed E-state index contributed by atoms with van der Waals surface area (Å²) in [5.74, 6) is 0.000874. The molecular weight excluding hydrogens is 259 g/mol. The van der Waals surface area contributed by atoms with Crippen LogP contribution in [0.5, 0.6) is 5.88 Å². The largest absolute Gasteiger partial charge is 0.480 e. The van der Waals surface area contributed by atoms with Crippen LogP contribution in [0.2, 0.25) is 5.02 Å². The van der Waals surface area contributed by atoms with Crippen LogP contribution in [0, 0.1) is 5.82 Å². The van der Waals surface area contributed by atoms with E-state index in [1.807, 2.05) is 0 Å². The number of aryl methyl sites for hydroxylation is 1. The quantitative estimate of drug-likeness (QED) is 0.926. The third-order valence-corrected chi connectivity index (χ3v) is 2.65. The maximum absolute atomic E-state index is 13.5. The molecule has 0 aliphatic carbocycles. The Balaban J connectivity index is 2.16. The van der Waals surface area contributed by atoms with Crippen molar-refractivity contribution in [3.05, 3.63) is 35.0 Å². The summed E-state index contributed by atoms with van der Waals surface area (Å²) in [6.07, 6.45) is 4.28. The molecule has 0 saturated carbocycles. The molecule has 18 heavy (non-hydrogen) atoms. The highest BCUT2D eigenvalue weighted by Gasteiger charge is 2.11. The van der Waals surface area contributed by atoms with Crippen LogP contribution >= 0.6 is 11.6 Å². The number of nitrogens with one attached hydrogen (secondary N) is 1. The van der Waals surface area contributed by atoms with Crippen molar-refractivity contribution in [3.8, 4) is 5.88 Å². The minimum absolute atomic E-state index is 0.220. The molecule has 2 aromatic heterocycles. The molecule has 96 valence electrons. The van der Waals surface area contributed by atoms with E-state index in [1.54, 1.807) is 17.9 Å². The van der Waals surface area contributed by atoms with E-state index in [4.69, 9.17) is 16.3 Å². The second kappa shape index (κ2) is 5.22. The summed E-state index contributed by atoms with van der Waals surface area (Å²) in [7, 11) is 3.32. The van der Waals surface area contributed by atoms with E-state index in [2.05, 4.69) is 15.4 Å². The van der Waals surface area contributed by atoms with Gasteiger partial charge in [0.05, 0.1) is 29.6 Å². The molecule has 0 unspecified atom stereocenters. The number of nitrogens with zero attached hydrogens (tertiary/aromatic N) is 3.